The molecule has 1 aliphatic heterocycles. The SMILES string of the molecule is Cc1ccc(C[C@@H]2CCC(c3ccccc3)=NN2S(=O)(=O)c2ccc(C)cc2)cc1. The first-order valence-electron chi connectivity index (χ1n) is 10.2. The number of benzene rings is 3. The van der Waals surface area contributed by atoms with Crippen molar-refractivity contribution in [1.29, 1.82) is 0 Å². The summed E-state index contributed by atoms with van der Waals surface area (Å²) in [4.78, 5) is 0.278. The first kappa shape index (κ1) is 20.4. The van der Waals surface area contributed by atoms with E-state index in [1.54, 1.807) is 12.1 Å². The molecule has 4 nitrogen and oxygen atoms in total. The molecule has 3 aromatic carbocycles. The monoisotopic (exact) mass is 418 g/mol. The fraction of sp³-hybridized carbons (Fsp3) is 0.240. The van der Waals surface area contributed by atoms with Gasteiger partial charge in [0.25, 0.3) is 10.0 Å². The summed E-state index contributed by atoms with van der Waals surface area (Å²) in [7, 11) is -3.75. The van der Waals surface area contributed by atoms with Crippen molar-refractivity contribution >= 4 is 15.7 Å². The third-order valence-corrected chi connectivity index (χ3v) is 7.25. The van der Waals surface area contributed by atoms with Crippen molar-refractivity contribution in [2.45, 2.75) is 44.0 Å². The first-order valence-corrected chi connectivity index (χ1v) is 11.7. The van der Waals surface area contributed by atoms with Crippen molar-refractivity contribution in [2.24, 2.45) is 5.10 Å². The molecule has 154 valence electrons. The van der Waals surface area contributed by atoms with Crippen molar-refractivity contribution in [2.75, 3.05) is 0 Å². The largest absolute Gasteiger partial charge is 0.279 e. The molecule has 0 N–H and O–H groups in total. The summed E-state index contributed by atoms with van der Waals surface area (Å²) in [5, 5.41) is 4.68. The Morgan fingerprint density at radius 1 is 0.867 bits per heavy atom. The van der Waals surface area contributed by atoms with Crippen LogP contribution in [0.1, 0.15) is 35.1 Å². The number of hydrazone groups is 1. The van der Waals surface area contributed by atoms with E-state index in [0.29, 0.717) is 6.42 Å². The zero-order valence-electron chi connectivity index (χ0n) is 17.3. The number of hydrogen-bond acceptors (Lipinski definition) is 3. The van der Waals surface area contributed by atoms with Crippen LogP contribution in [0.5, 0.6) is 0 Å². The van der Waals surface area contributed by atoms with Gasteiger partial charge in [-0.05, 0) is 56.4 Å². The molecule has 0 bridgehead atoms. The van der Waals surface area contributed by atoms with E-state index < -0.39 is 10.0 Å². The van der Waals surface area contributed by atoms with Crippen LogP contribution in [0.15, 0.2) is 88.9 Å². The molecule has 0 saturated carbocycles. The van der Waals surface area contributed by atoms with Gasteiger partial charge in [-0.2, -0.15) is 17.9 Å². The molecule has 0 unspecified atom stereocenters. The van der Waals surface area contributed by atoms with Gasteiger partial charge in [0, 0.05) is 0 Å². The highest BCUT2D eigenvalue weighted by atomic mass is 32.2. The number of rotatable bonds is 5. The van der Waals surface area contributed by atoms with Crippen LogP contribution in [-0.4, -0.2) is 24.6 Å². The molecule has 0 radical (unpaired) electrons. The van der Waals surface area contributed by atoms with Crippen molar-refractivity contribution in [3.63, 3.8) is 0 Å². The van der Waals surface area contributed by atoms with Gasteiger partial charge in [-0.3, -0.25) is 0 Å². The molecule has 1 aliphatic rings. The summed E-state index contributed by atoms with van der Waals surface area (Å²) in [5.41, 5.74) is 5.11. The fourth-order valence-corrected chi connectivity index (χ4v) is 5.22. The maximum atomic E-state index is 13.5. The second-order valence-corrected chi connectivity index (χ2v) is 9.68. The molecule has 1 heterocycles. The second kappa shape index (κ2) is 8.44. The van der Waals surface area contributed by atoms with Crippen molar-refractivity contribution in [1.82, 2.24) is 4.41 Å². The van der Waals surface area contributed by atoms with E-state index in [1.165, 1.54) is 9.98 Å². The van der Waals surface area contributed by atoms with Crippen LogP contribution in [0.25, 0.3) is 0 Å². The topological polar surface area (TPSA) is 49.7 Å². The fourth-order valence-electron chi connectivity index (χ4n) is 3.74. The van der Waals surface area contributed by atoms with Crippen LogP contribution in [-0.2, 0) is 16.4 Å². The van der Waals surface area contributed by atoms with Gasteiger partial charge in [0.2, 0.25) is 0 Å². The molecule has 0 amide bonds. The second-order valence-electron chi connectivity index (χ2n) is 7.89. The standard InChI is InChI=1S/C25H26N2O2S/c1-19-8-12-21(13-9-19)18-23-14-17-25(22-6-4-3-5-7-22)26-27(23)30(28,29)24-15-10-20(2)11-16-24/h3-13,15-16,23H,14,17-18H2,1-2H3/t23-/m0/s1. The zero-order chi connectivity index (χ0) is 21.1. The Morgan fingerprint density at radius 3 is 2.10 bits per heavy atom. The molecule has 0 aliphatic carbocycles. The van der Waals surface area contributed by atoms with Gasteiger partial charge >= 0.3 is 0 Å². The normalized spacial score (nSPS) is 16.9. The van der Waals surface area contributed by atoms with Gasteiger partial charge in [-0.15, -0.1) is 0 Å². The summed E-state index contributed by atoms with van der Waals surface area (Å²) >= 11 is 0. The summed E-state index contributed by atoms with van der Waals surface area (Å²) in [5.74, 6) is 0. The molecule has 3 aromatic rings. The van der Waals surface area contributed by atoms with Crippen LogP contribution in [0.4, 0.5) is 0 Å². The number of aryl methyl sites for hydroxylation is 2. The lowest BCUT2D eigenvalue weighted by Gasteiger charge is -2.33. The van der Waals surface area contributed by atoms with Crippen LogP contribution >= 0.6 is 0 Å². The molecule has 1 atom stereocenters. The molecule has 0 saturated heterocycles. The maximum Gasteiger partial charge on any atom is 0.279 e. The Labute approximate surface area is 178 Å². The molecule has 0 spiro atoms. The van der Waals surface area contributed by atoms with E-state index in [9.17, 15) is 8.42 Å². The molecule has 4 rings (SSSR count). The number of nitrogens with zero attached hydrogens (tertiary/aromatic N) is 2. The first-order chi connectivity index (χ1) is 14.4. The van der Waals surface area contributed by atoms with E-state index in [2.05, 4.69) is 36.3 Å². The minimum atomic E-state index is -3.75. The van der Waals surface area contributed by atoms with E-state index in [1.807, 2.05) is 49.4 Å². The van der Waals surface area contributed by atoms with Crippen LogP contribution in [0, 0.1) is 13.8 Å². The molecular weight excluding hydrogens is 392 g/mol. The molecule has 30 heavy (non-hydrogen) atoms. The average molecular weight is 419 g/mol. The van der Waals surface area contributed by atoms with Crippen LogP contribution < -0.4 is 0 Å². The summed E-state index contributed by atoms with van der Waals surface area (Å²) in [6.07, 6.45) is 2.12. The van der Waals surface area contributed by atoms with E-state index in [4.69, 9.17) is 0 Å². The highest BCUT2D eigenvalue weighted by molar-refractivity contribution is 7.89. The van der Waals surface area contributed by atoms with E-state index >= 15 is 0 Å². The smallest absolute Gasteiger partial charge is 0.200 e. The van der Waals surface area contributed by atoms with Gasteiger partial charge < -0.3 is 0 Å². The Hall–Kier alpha value is -2.92. The lowest BCUT2D eigenvalue weighted by atomic mass is 9.96. The van der Waals surface area contributed by atoms with Gasteiger partial charge in [-0.25, -0.2) is 0 Å². The predicted molar refractivity (Wildman–Crippen MR) is 121 cm³/mol. The molecular formula is C25H26N2O2S. The minimum Gasteiger partial charge on any atom is -0.200 e. The summed E-state index contributed by atoms with van der Waals surface area (Å²) < 4.78 is 28.4. The Balaban J connectivity index is 1.73. The quantitative estimate of drug-likeness (QED) is 0.579. The molecule has 5 heteroatoms. The predicted octanol–water partition coefficient (Wildman–Crippen LogP) is 5.10. The average Bonchev–Trinajstić information content (AvgIpc) is 2.76. The van der Waals surface area contributed by atoms with E-state index in [0.717, 1.165) is 35.2 Å². The third kappa shape index (κ3) is 4.31. The van der Waals surface area contributed by atoms with Gasteiger partial charge in [-0.1, -0.05) is 77.9 Å². The number of hydrogen-bond donors (Lipinski definition) is 0. The van der Waals surface area contributed by atoms with Gasteiger partial charge in [0.1, 0.15) is 0 Å². The lowest BCUT2D eigenvalue weighted by molar-refractivity contribution is 0.301. The molecule has 0 aromatic heterocycles. The van der Waals surface area contributed by atoms with Crippen molar-refractivity contribution in [3.05, 3.63) is 101 Å². The van der Waals surface area contributed by atoms with Crippen molar-refractivity contribution in [3.8, 4) is 0 Å². The molecule has 0 fully saturated rings. The maximum absolute atomic E-state index is 13.5. The Bertz CT molecular complexity index is 1140. The van der Waals surface area contributed by atoms with Crippen molar-refractivity contribution < 1.29 is 8.42 Å². The summed E-state index contributed by atoms with van der Waals surface area (Å²) in [6, 6.07) is 24.9. The zero-order valence-corrected chi connectivity index (χ0v) is 18.1. The summed E-state index contributed by atoms with van der Waals surface area (Å²) in [6.45, 7) is 4.00. The minimum absolute atomic E-state index is 0.216. The Kier molecular flexibility index (Phi) is 5.73. The van der Waals surface area contributed by atoms with Crippen LogP contribution in [0.3, 0.4) is 0 Å². The lowest BCUT2D eigenvalue weighted by Crippen LogP contribution is -2.41. The van der Waals surface area contributed by atoms with E-state index in [-0.39, 0.29) is 10.9 Å². The Morgan fingerprint density at radius 2 is 1.47 bits per heavy atom. The van der Waals surface area contributed by atoms with Gasteiger partial charge in [0.15, 0.2) is 0 Å². The number of sulfonamides is 1. The highest BCUT2D eigenvalue weighted by Crippen LogP contribution is 2.29. The van der Waals surface area contributed by atoms with Gasteiger partial charge in [0.05, 0.1) is 16.6 Å². The highest BCUT2D eigenvalue weighted by Gasteiger charge is 2.34. The van der Waals surface area contributed by atoms with Crippen LogP contribution in [0.2, 0.25) is 0 Å². The third-order valence-electron chi connectivity index (χ3n) is 5.51.